The molecule has 0 saturated heterocycles. The van der Waals surface area contributed by atoms with Crippen molar-refractivity contribution in [3.63, 3.8) is 0 Å². The number of fused-ring (bicyclic) bond motifs is 1. The van der Waals surface area contributed by atoms with Gasteiger partial charge in [0.25, 0.3) is 0 Å². The lowest BCUT2D eigenvalue weighted by Crippen LogP contribution is -2.41. The molecule has 4 aliphatic rings. The van der Waals surface area contributed by atoms with Crippen LogP contribution < -0.4 is 4.74 Å². The highest BCUT2D eigenvalue weighted by molar-refractivity contribution is 5.30. The molecule has 29 heavy (non-hydrogen) atoms. The van der Waals surface area contributed by atoms with Gasteiger partial charge in [0.15, 0.2) is 0 Å². The Hall–Kier alpha value is -0.980. The summed E-state index contributed by atoms with van der Waals surface area (Å²) in [6.07, 6.45) is 11.5. The minimum atomic E-state index is 0.271. The molecule has 0 heterocycles. The van der Waals surface area contributed by atoms with Crippen molar-refractivity contribution in [2.24, 2.45) is 34.0 Å². The number of hydrogen-bond acceptors (Lipinski definition) is 1. The Balaban J connectivity index is 1.43. The van der Waals surface area contributed by atoms with Crippen LogP contribution >= 0.6 is 0 Å². The topological polar surface area (TPSA) is 9.23 Å². The maximum Gasteiger partial charge on any atom is 0.119 e. The fourth-order valence-electron chi connectivity index (χ4n) is 7.12. The van der Waals surface area contributed by atoms with E-state index >= 15 is 0 Å². The lowest BCUT2D eigenvalue weighted by Gasteiger charge is -2.48. The second kappa shape index (κ2) is 7.61. The van der Waals surface area contributed by atoms with Crippen molar-refractivity contribution in [1.29, 1.82) is 0 Å². The summed E-state index contributed by atoms with van der Waals surface area (Å²) in [5.74, 6) is 4.61. The zero-order valence-corrected chi connectivity index (χ0v) is 19.9. The largest absolute Gasteiger partial charge is 0.493 e. The van der Waals surface area contributed by atoms with Crippen molar-refractivity contribution in [3.8, 4) is 5.75 Å². The average molecular weight is 397 g/mol. The molecule has 0 spiro atoms. The molecule has 4 aliphatic carbocycles. The first-order valence-corrected chi connectivity index (χ1v) is 12.2. The van der Waals surface area contributed by atoms with Crippen LogP contribution in [-0.2, 0) is 0 Å². The fourth-order valence-corrected chi connectivity index (χ4v) is 7.12. The van der Waals surface area contributed by atoms with Crippen LogP contribution in [0.15, 0.2) is 24.3 Å². The van der Waals surface area contributed by atoms with Gasteiger partial charge in [0.05, 0.1) is 6.61 Å². The van der Waals surface area contributed by atoms with Crippen LogP contribution in [0.1, 0.15) is 104 Å². The standard InChI is InChI=1S/C28H44O/c1-26(2,3)18-25(27(4,5)6)23-9-11-24(12-10-23)29-19-28-15-20-7-8-21(16-28)14-22(13-20)17-28/h9-12,20-22,25H,7-8,13-19H2,1-6H3. The molecule has 3 atom stereocenters. The van der Waals surface area contributed by atoms with Crippen molar-refractivity contribution < 1.29 is 4.74 Å². The molecule has 1 heteroatoms. The maximum atomic E-state index is 6.47. The molecule has 0 amide bonds. The van der Waals surface area contributed by atoms with Crippen molar-refractivity contribution in [3.05, 3.63) is 29.8 Å². The van der Waals surface area contributed by atoms with Gasteiger partial charge >= 0.3 is 0 Å². The Morgan fingerprint density at radius 1 is 0.862 bits per heavy atom. The van der Waals surface area contributed by atoms with Gasteiger partial charge in [-0.25, -0.2) is 0 Å². The first-order chi connectivity index (χ1) is 13.5. The molecule has 3 unspecified atom stereocenters. The molecule has 0 radical (unpaired) electrons. The SMILES string of the molecule is CC(C)(C)CC(c1ccc(OCC23CC4CCC(CC(C4)C2)C3)cc1)C(C)(C)C. The zero-order valence-electron chi connectivity index (χ0n) is 19.9. The van der Waals surface area contributed by atoms with Crippen LogP contribution in [0.5, 0.6) is 5.75 Å². The van der Waals surface area contributed by atoms with Gasteiger partial charge in [0.2, 0.25) is 0 Å². The van der Waals surface area contributed by atoms with Crippen LogP contribution in [0.4, 0.5) is 0 Å². The third-order valence-corrected chi connectivity index (χ3v) is 8.17. The van der Waals surface area contributed by atoms with E-state index < -0.39 is 0 Å². The molecule has 0 aliphatic heterocycles. The molecule has 4 saturated carbocycles. The maximum absolute atomic E-state index is 6.47. The first-order valence-electron chi connectivity index (χ1n) is 12.2. The highest BCUT2D eigenvalue weighted by Gasteiger charge is 2.48. The Morgan fingerprint density at radius 2 is 1.41 bits per heavy atom. The summed E-state index contributed by atoms with van der Waals surface area (Å²) in [7, 11) is 0. The van der Waals surface area contributed by atoms with E-state index in [0.717, 1.165) is 30.1 Å². The Labute approximate surface area is 180 Å². The average Bonchev–Trinajstić information content (AvgIpc) is 2.82. The van der Waals surface area contributed by atoms with Crippen molar-refractivity contribution in [2.45, 2.75) is 98.8 Å². The van der Waals surface area contributed by atoms with Crippen LogP contribution in [0.2, 0.25) is 0 Å². The van der Waals surface area contributed by atoms with E-state index in [2.05, 4.69) is 65.8 Å². The van der Waals surface area contributed by atoms with Crippen molar-refractivity contribution in [2.75, 3.05) is 6.61 Å². The fraction of sp³-hybridized carbons (Fsp3) is 0.786. The summed E-state index contributed by atoms with van der Waals surface area (Å²) in [6.45, 7) is 15.2. The molecule has 5 rings (SSSR count). The molecule has 1 nitrogen and oxygen atoms in total. The summed E-state index contributed by atoms with van der Waals surface area (Å²) in [6, 6.07) is 9.15. The van der Waals surface area contributed by atoms with E-state index in [1.165, 1.54) is 56.9 Å². The van der Waals surface area contributed by atoms with Crippen molar-refractivity contribution >= 4 is 0 Å². The van der Waals surface area contributed by atoms with Crippen molar-refractivity contribution in [1.82, 2.24) is 0 Å². The molecular formula is C28H44O. The Morgan fingerprint density at radius 3 is 1.93 bits per heavy atom. The monoisotopic (exact) mass is 396 g/mol. The van der Waals surface area contributed by atoms with Crippen LogP contribution in [0, 0.1) is 34.0 Å². The van der Waals surface area contributed by atoms with Gasteiger partial charge in [-0.15, -0.1) is 0 Å². The summed E-state index contributed by atoms with van der Waals surface area (Å²) in [5.41, 5.74) is 2.55. The number of hydrogen-bond donors (Lipinski definition) is 0. The van der Waals surface area contributed by atoms with E-state index in [-0.39, 0.29) is 5.41 Å². The normalized spacial score (nSPS) is 32.8. The summed E-state index contributed by atoms with van der Waals surface area (Å²) >= 11 is 0. The predicted molar refractivity (Wildman–Crippen MR) is 123 cm³/mol. The van der Waals surface area contributed by atoms with E-state index in [1.54, 1.807) is 0 Å². The second-order valence-electron chi connectivity index (χ2n) is 13.3. The molecule has 0 aromatic heterocycles. The molecule has 162 valence electrons. The quantitative estimate of drug-likeness (QED) is 0.487. The van der Waals surface area contributed by atoms with Gasteiger partial charge in [-0.05, 0) is 90.7 Å². The first kappa shape index (κ1) is 21.3. The second-order valence-corrected chi connectivity index (χ2v) is 13.3. The lowest BCUT2D eigenvalue weighted by atomic mass is 9.59. The van der Waals surface area contributed by atoms with Gasteiger partial charge in [-0.1, -0.05) is 66.5 Å². The summed E-state index contributed by atoms with van der Waals surface area (Å²) in [4.78, 5) is 0. The van der Waals surface area contributed by atoms with Gasteiger partial charge in [-0.3, -0.25) is 0 Å². The minimum absolute atomic E-state index is 0.271. The Bertz CT molecular complexity index is 671. The zero-order chi connectivity index (χ0) is 20.9. The highest BCUT2D eigenvalue weighted by atomic mass is 16.5. The summed E-state index contributed by atoms with van der Waals surface area (Å²) < 4.78 is 6.47. The van der Waals surface area contributed by atoms with E-state index in [9.17, 15) is 0 Å². The number of benzene rings is 1. The van der Waals surface area contributed by atoms with Gasteiger partial charge in [0, 0.05) is 5.41 Å². The smallest absolute Gasteiger partial charge is 0.119 e. The van der Waals surface area contributed by atoms with E-state index in [4.69, 9.17) is 4.74 Å². The van der Waals surface area contributed by atoms with Gasteiger partial charge in [0.1, 0.15) is 5.75 Å². The van der Waals surface area contributed by atoms with Crippen LogP contribution in [0.3, 0.4) is 0 Å². The highest BCUT2D eigenvalue weighted by Crippen LogP contribution is 2.57. The van der Waals surface area contributed by atoms with Gasteiger partial charge < -0.3 is 4.74 Å². The molecule has 1 aromatic carbocycles. The number of ether oxygens (including phenoxy) is 1. The number of rotatable bonds is 5. The minimum Gasteiger partial charge on any atom is -0.493 e. The molecule has 0 N–H and O–H groups in total. The van der Waals surface area contributed by atoms with Crippen LogP contribution in [-0.4, -0.2) is 6.61 Å². The van der Waals surface area contributed by atoms with Gasteiger partial charge in [-0.2, -0.15) is 0 Å². The Kier molecular flexibility index (Phi) is 5.58. The van der Waals surface area contributed by atoms with E-state index in [1.807, 2.05) is 0 Å². The molecule has 4 fully saturated rings. The third kappa shape index (κ3) is 5.02. The van der Waals surface area contributed by atoms with Crippen LogP contribution in [0.25, 0.3) is 0 Å². The third-order valence-electron chi connectivity index (χ3n) is 8.17. The molecule has 4 bridgehead atoms. The van der Waals surface area contributed by atoms with E-state index in [0.29, 0.717) is 16.7 Å². The molecular weight excluding hydrogens is 352 g/mol. The summed E-state index contributed by atoms with van der Waals surface area (Å²) in [5, 5.41) is 0. The lowest BCUT2D eigenvalue weighted by molar-refractivity contribution is -0.00362. The predicted octanol–water partition coefficient (Wildman–Crippen LogP) is 8.24. The molecule has 1 aromatic rings.